The van der Waals surface area contributed by atoms with E-state index in [0.29, 0.717) is 5.23 Å². The molecule has 0 aliphatic heterocycles. The van der Waals surface area contributed by atoms with Gasteiger partial charge < -0.3 is 0 Å². The molecule has 0 aliphatic rings. The van der Waals surface area contributed by atoms with Crippen molar-refractivity contribution in [2.45, 2.75) is 6.92 Å². The first kappa shape index (κ1) is 9.63. The lowest BCUT2D eigenvalue weighted by atomic mass is 10.8. The molecular weight excluding hydrogens is 152 g/mol. The molecule has 0 bridgehead atoms. The highest BCUT2D eigenvalue weighted by Crippen LogP contribution is 1.84. The van der Waals surface area contributed by atoms with E-state index in [2.05, 4.69) is 0 Å². The van der Waals surface area contributed by atoms with Gasteiger partial charge in [0, 0.05) is 21.0 Å². The fourth-order valence-corrected chi connectivity index (χ4v) is 0.428. The van der Waals surface area contributed by atoms with Crippen LogP contribution >= 0.6 is 0 Å². The molecule has 0 aromatic heterocycles. The Morgan fingerprint density at radius 3 is 2.09 bits per heavy atom. The molecule has 7 nitrogen and oxygen atoms in total. The zero-order valence-electron chi connectivity index (χ0n) is 6.57. The van der Waals surface area contributed by atoms with Gasteiger partial charge in [-0.15, -0.1) is 0 Å². The number of hydrazine groups is 3. The second kappa shape index (κ2) is 3.71. The number of carbonyl (C=O) groups excluding carboxylic acids is 1. The first-order valence-corrected chi connectivity index (χ1v) is 2.84. The molecule has 7 heteroatoms. The average molecular weight is 162 g/mol. The third-order valence-electron chi connectivity index (χ3n) is 0.791. The van der Waals surface area contributed by atoms with Crippen molar-refractivity contribution in [1.29, 1.82) is 0 Å². The lowest BCUT2D eigenvalue weighted by Crippen LogP contribution is -2.52. The quantitative estimate of drug-likeness (QED) is 0.425. The molecule has 0 saturated carbocycles. The Labute approximate surface area is 63.6 Å². The van der Waals surface area contributed by atoms with Crippen LogP contribution in [0.1, 0.15) is 6.92 Å². The lowest BCUT2D eigenvalue weighted by Gasteiger charge is -2.18. The maximum atomic E-state index is 10.4. The van der Waals surface area contributed by atoms with Gasteiger partial charge in [-0.2, -0.15) is 10.4 Å². The molecular formula is C4H10N4O3. The Hall–Kier alpha value is -1.37. The molecule has 1 amide bonds. The van der Waals surface area contributed by atoms with E-state index in [-0.39, 0.29) is 0 Å². The number of rotatable bonds is 3. The van der Waals surface area contributed by atoms with Crippen molar-refractivity contribution in [3.63, 3.8) is 0 Å². The van der Waals surface area contributed by atoms with Crippen LogP contribution in [-0.4, -0.2) is 35.3 Å². The molecule has 0 saturated heterocycles. The number of amides is 1. The van der Waals surface area contributed by atoms with Crippen LogP contribution in [0.2, 0.25) is 0 Å². The number of nitro groups is 1. The van der Waals surface area contributed by atoms with Crippen molar-refractivity contribution in [2.75, 3.05) is 14.1 Å². The molecule has 0 heterocycles. The van der Waals surface area contributed by atoms with Crippen molar-refractivity contribution in [1.82, 2.24) is 15.7 Å². The molecule has 0 atom stereocenters. The van der Waals surface area contributed by atoms with E-state index < -0.39 is 10.9 Å². The molecule has 0 aromatic carbocycles. The van der Waals surface area contributed by atoms with Gasteiger partial charge in [-0.25, -0.2) is 10.1 Å². The van der Waals surface area contributed by atoms with E-state index in [0.717, 1.165) is 5.01 Å². The Kier molecular flexibility index (Phi) is 3.25. The molecule has 1 N–H and O–H groups in total. The maximum absolute atomic E-state index is 10.4. The van der Waals surface area contributed by atoms with Crippen LogP contribution in [0.3, 0.4) is 0 Å². The van der Waals surface area contributed by atoms with Crippen molar-refractivity contribution in [2.24, 2.45) is 0 Å². The van der Waals surface area contributed by atoms with Crippen LogP contribution in [0, 0.1) is 10.1 Å². The highest BCUT2D eigenvalue weighted by atomic mass is 16.7. The van der Waals surface area contributed by atoms with Gasteiger partial charge in [0.1, 0.15) is 0 Å². The van der Waals surface area contributed by atoms with Gasteiger partial charge in [-0.1, -0.05) is 0 Å². The average Bonchev–Trinajstić information content (AvgIpc) is 1.81. The summed E-state index contributed by atoms with van der Waals surface area (Å²) in [6.07, 6.45) is 0. The van der Waals surface area contributed by atoms with Gasteiger partial charge in [0.15, 0.2) is 5.03 Å². The summed E-state index contributed by atoms with van der Waals surface area (Å²) >= 11 is 0. The molecule has 0 radical (unpaired) electrons. The van der Waals surface area contributed by atoms with Crippen LogP contribution in [0.5, 0.6) is 0 Å². The van der Waals surface area contributed by atoms with Gasteiger partial charge in [0.05, 0.1) is 5.23 Å². The van der Waals surface area contributed by atoms with Crippen LogP contribution < -0.4 is 5.43 Å². The van der Waals surface area contributed by atoms with Gasteiger partial charge in [-0.3, -0.25) is 4.79 Å². The topological polar surface area (TPSA) is 78.7 Å². The maximum Gasteiger partial charge on any atom is 0.240 e. The minimum Gasteiger partial charge on any atom is -0.273 e. The van der Waals surface area contributed by atoms with E-state index in [9.17, 15) is 14.9 Å². The lowest BCUT2D eigenvalue weighted by molar-refractivity contribution is -0.708. The molecule has 0 spiro atoms. The Bertz CT molecular complexity index is 169. The monoisotopic (exact) mass is 162 g/mol. The van der Waals surface area contributed by atoms with Crippen LogP contribution in [0.4, 0.5) is 0 Å². The third-order valence-corrected chi connectivity index (χ3v) is 0.791. The first-order chi connectivity index (χ1) is 4.95. The van der Waals surface area contributed by atoms with Crippen LogP contribution in [0.25, 0.3) is 0 Å². The van der Waals surface area contributed by atoms with Crippen molar-refractivity contribution in [3.05, 3.63) is 10.1 Å². The highest BCUT2D eigenvalue weighted by molar-refractivity contribution is 5.71. The summed E-state index contributed by atoms with van der Waals surface area (Å²) in [4.78, 5) is 20.5. The summed E-state index contributed by atoms with van der Waals surface area (Å²) in [6.45, 7) is 1.19. The number of nitrogens with one attached hydrogen (secondary N) is 1. The smallest absolute Gasteiger partial charge is 0.240 e. The fourth-order valence-electron chi connectivity index (χ4n) is 0.428. The highest BCUT2D eigenvalue weighted by Gasteiger charge is 2.17. The largest absolute Gasteiger partial charge is 0.273 e. The molecule has 0 aliphatic carbocycles. The second-order valence-corrected chi connectivity index (χ2v) is 2.04. The van der Waals surface area contributed by atoms with Gasteiger partial charge in [0.2, 0.25) is 5.91 Å². The predicted molar refractivity (Wildman–Crippen MR) is 36.3 cm³/mol. The SMILES string of the molecule is CC(=O)NN(N(C)C)[N+](=O)[O-]. The molecule has 0 unspecified atom stereocenters. The summed E-state index contributed by atoms with van der Waals surface area (Å²) in [5.41, 5.74) is 2.00. The van der Waals surface area contributed by atoms with Gasteiger partial charge >= 0.3 is 0 Å². The Morgan fingerprint density at radius 1 is 1.55 bits per heavy atom. The second-order valence-electron chi connectivity index (χ2n) is 2.04. The zero-order chi connectivity index (χ0) is 9.02. The first-order valence-electron chi connectivity index (χ1n) is 2.84. The Balaban J connectivity index is 4.12. The standard InChI is InChI=1S/C4H10N4O3/c1-4(9)5-7(6(2)3)8(10)11/h1-3H3,(H,5,9). The number of carbonyl (C=O) groups is 1. The molecule has 11 heavy (non-hydrogen) atoms. The van der Waals surface area contributed by atoms with E-state index in [1.54, 1.807) is 0 Å². The zero-order valence-corrected chi connectivity index (χ0v) is 6.57. The summed E-state index contributed by atoms with van der Waals surface area (Å²) in [5, 5.41) is 11.0. The number of hydrogen-bond donors (Lipinski definition) is 1. The summed E-state index contributed by atoms with van der Waals surface area (Å²) < 4.78 is 0. The summed E-state index contributed by atoms with van der Waals surface area (Å²) in [7, 11) is 2.89. The molecule has 0 aromatic rings. The molecule has 0 rings (SSSR count). The number of nitrogens with zero attached hydrogens (tertiary/aromatic N) is 3. The normalized spacial score (nSPS) is 9.45. The minimum absolute atomic E-state index is 0.488. The molecule has 64 valence electrons. The summed E-state index contributed by atoms with van der Waals surface area (Å²) in [5.74, 6) is -0.490. The van der Waals surface area contributed by atoms with E-state index >= 15 is 0 Å². The molecule has 0 fully saturated rings. The third kappa shape index (κ3) is 3.36. The van der Waals surface area contributed by atoms with Crippen LogP contribution in [0.15, 0.2) is 0 Å². The van der Waals surface area contributed by atoms with Crippen molar-refractivity contribution < 1.29 is 9.83 Å². The van der Waals surface area contributed by atoms with E-state index in [1.807, 2.05) is 5.43 Å². The van der Waals surface area contributed by atoms with E-state index in [4.69, 9.17) is 0 Å². The number of hydrogen-bond acceptors (Lipinski definition) is 4. The minimum atomic E-state index is -0.735. The van der Waals surface area contributed by atoms with Crippen LogP contribution in [-0.2, 0) is 4.79 Å². The van der Waals surface area contributed by atoms with E-state index in [1.165, 1.54) is 21.0 Å². The van der Waals surface area contributed by atoms with Crippen molar-refractivity contribution in [3.8, 4) is 0 Å². The van der Waals surface area contributed by atoms with Crippen molar-refractivity contribution >= 4 is 5.91 Å². The fraction of sp³-hybridized carbons (Fsp3) is 0.750. The van der Waals surface area contributed by atoms with Gasteiger partial charge in [0.25, 0.3) is 0 Å². The summed E-state index contributed by atoms with van der Waals surface area (Å²) in [6, 6.07) is 0. The Morgan fingerprint density at radius 2 is 2.00 bits per heavy atom. The van der Waals surface area contributed by atoms with Gasteiger partial charge in [-0.05, 0) is 0 Å². The predicted octanol–water partition coefficient (Wildman–Crippen LogP) is -0.992.